The van der Waals surface area contributed by atoms with E-state index in [1.165, 1.54) is 10.6 Å². The van der Waals surface area contributed by atoms with Crippen LogP contribution in [0, 0.1) is 10.8 Å². The molecule has 0 saturated carbocycles. The lowest BCUT2D eigenvalue weighted by atomic mass is 10.1. The van der Waals surface area contributed by atoms with Crippen LogP contribution in [-0.2, 0) is 6.54 Å². The van der Waals surface area contributed by atoms with E-state index in [1.807, 2.05) is 0 Å². The Morgan fingerprint density at radius 3 is 2.23 bits per heavy atom. The fraction of sp³-hybridized carbons (Fsp3) is 0.611. The van der Waals surface area contributed by atoms with Gasteiger partial charge in [0.15, 0.2) is 11.9 Å². The summed E-state index contributed by atoms with van der Waals surface area (Å²) >= 11 is 0. The molecule has 2 amide bonds. The Balaban J connectivity index is 2.45. The van der Waals surface area contributed by atoms with Gasteiger partial charge in [-0.3, -0.25) is 20.7 Å². The number of rotatable bonds is 15. The molecule has 31 heavy (non-hydrogen) atoms. The fourth-order valence-corrected chi connectivity index (χ4v) is 3.00. The van der Waals surface area contributed by atoms with Crippen LogP contribution < -0.4 is 44.2 Å². The standard InChI is InChI=1S/C18H35N11O2/c19-15(20)25-9-2-1-8-24-13(5-3-10-26-16(21)22)6-4-11-29-12-7-14(27-17(23)30)28-18(29)31/h7,12-13,24H,1-6,8-11H2,(H4,19,20,25)(H4,21,22,26)(H3,23,27,28,30,31)/t13-/m0/s1. The molecule has 1 rings (SSSR count). The number of hydrogen-bond donors (Lipinski definition) is 9. The predicted molar refractivity (Wildman–Crippen MR) is 121 cm³/mol. The molecule has 0 radical (unpaired) electrons. The van der Waals surface area contributed by atoms with Gasteiger partial charge in [-0.1, -0.05) is 0 Å². The molecular weight excluding hydrogens is 402 g/mol. The van der Waals surface area contributed by atoms with Gasteiger partial charge >= 0.3 is 11.7 Å². The number of aromatic nitrogens is 2. The van der Waals surface area contributed by atoms with Crippen LogP contribution in [0.25, 0.3) is 0 Å². The summed E-state index contributed by atoms with van der Waals surface area (Å²) in [6, 6.07) is 1.02. The third-order valence-corrected chi connectivity index (χ3v) is 4.47. The van der Waals surface area contributed by atoms with E-state index in [9.17, 15) is 9.59 Å². The number of nitrogens with zero attached hydrogens (tertiary/aromatic N) is 2. The monoisotopic (exact) mass is 437 g/mol. The van der Waals surface area contributed by atoms with Crippen LogP contribution in [0.5, 0.6) is 0 Å². The molecule has 1 heterocycles. The highest BCUT2D eigenvalue weighted by Gasteiger charge is 2.09. The zero-order valence-corrected chi connectivity index (χ0v) is 17.7. The molecule has 13 heteroatoms. The molecule has 0 fully saturated rings. The minimum atomic E-state index is -0.769. The molecule has 13 nitrogen and oxygen atoms in total. The Bertz CT molecular complexity index is 765. The number of carbonyl (C=O) groups is 1. The van der Waals surface area contributed by atoms with Crippen LogP contribution in [0.2, 0.25) is 0 Å². The largest absolute Gasteiger partial charge is 0.370 e. The van der Waals surface area contributed by atoms with Crippen molar-refractivity contribution < 1.29 is 4.79 Å². The molecule has 1 aromatic rings. The average molecular weight is 438 g/mol. The summed E-state index contributed by atoms with van der Waals surface area (Å²) in [7, 11) is 0. The van der Waals surface area contributed by atoms with Crippen molar-refractivity contribution in [3.8, 4) is 0 Å². The van der Waals surface area contributed by atoms with Gasteiger partial charge in [-0.15, -0.1) is 0 Å². The summed E-state index contributed by atoms with van der Waals surface area (Å²) in [5, 5.41) is 25.8. The van der Waals surface area contributed by atoms with Crippen LogP contribution >= 0.6 is 0 Å². The zero-order chi connectivity index (χ0) is 23.1. The Morgan fingerprint density at radius 1 is 1.00 bits per heavy atom. The van der Waals surface area contributed by atoms with Crippen LogP contribution in [0.4, 0.5) is 10.6 Å². The number of aryl methyl sites for hydroxylation is 1. The van der Waals surface area contributed by atoms with Gasteiger partial charge in [-0.25, -0.2) is 9.59 Å². The number of urea groups is 1. The van der Waals surface area contributed by atoms with Crippen molar-refractivity contribution in [2.75, 3.05) is 25.0 Å². The predicted octanol–water partition coefficient (Wildman–Crippen LogP) is -1.00. The highest BCUT2D eigenvalue weighted by atomic mass is 16.2. The number of hydrogen-bond acceptors (Lipinski definition) is 6. The van der Waals surface area contributed by atoms with Gasteiger partial charge in [0.05, 0.1) is 0 Å². The molecule has 0 aliphatic rings. The maximum Gasteiger partial charge on any atom is 0.349 e. The Hall–Kier alpha value is -3.35. The van der Waals surface area contributed by atoms with Crippen LogP contribution in [0.1, 0.15) is 38.5 Å². The number of anilines is 1. The van der Waals surface area contributed by atoms with E-state index in [2.05, 4.69) is 26.3 Å². The van der Waals surface area contributed by atoms with Crippen molar-refractivity contribution in [3.63, 3.8) is 0 Å². The first-order valence-electron chi connectivity index (χ1n) is 10.3. The smallest absolute Gasteiger partial charge is 0.349 e. The molecule has 0 aromatic carbocycles. The highest BCUT2D eigenvalue weighted by molar-refractivity contribution is 5.86. The normalized spacial score (nSPS) is 11.5. The number of guanidine groups is 2. The highest BCUT2D eigenvalue weighted by Crippen LogP contribution is 2.07. The molecule has 0 spiro atoms. The Morgan fingerprint density at radius 2 is 1.61 bits per heavy atom. The molecule has 0 saturated heterocycles. The van der Waals surface area contributed by atoms with E-state index in [0.717, 1.165) is 45.1 Å². The van der Waals surface area contributed by atoms with Gasteiger partial charge in [-0.2, -0.15) is 4.98 Å². The minimum Gasteiger partial charge on any atom is -0.370 e. The van der Waals surface area contributed by atoms with Crippen molar-refractivity contribution in [2.24, 2.45) is 17.2 Å². The average Bonchev–Trinajstić information content (AvgIpc) is 2.68. The Kier molecular flexibility index (Phi) is 12.1. The molecule has 0 aliphatic heterocycles. The summed E-state index contributed by atoms with van der Waals surface area (Å²) < 4.78 is 1.49. The summed E-state index contributed by atoms with van der Waals surface area (Å²) in [4.78, 5) is 26.7. The maximum absolute atomic E-state index is 12.1. The van der Waals surface area contributed by atoms with Crippen molar-refractivity contribution in [3.05, 3.63) is 22.7 Å². The molecular formula is C18H35N11O2. The second-order valence-electron chi connectivity index (χ2n) is 7.10. The molecule has 0 bridgehead atoms. The van der Waals surface area contributed by atoms with E-state index in [4.69, 9.17) is 28.0 Å². The first-order valence-corrected chi connectivity index (χ1v) is 10.3. The second-order valence-corrected chi connectivity index (χ2v) is 7.10. The molecule has 1 aromatic heterocycles. The zero-order valence-electron chi connectivity index (χ0n) is 17.7. The summed E-state index contributed by atoms with van der Waals surface area (Å²) in [6.07, 6.45) is 6.83. The minimum absolute atomic E-state index is 0.0213. The van der Waals surface area contributed by atoms with Gasteiger partial charge in [-0.05, 0) is 51.1 Å². The van der Waals surface area contributed by atoms with Gasteiger partial charge in [0.25, 0.3) is 0 Å². The SMILES string of the molecule is N=C(N)NCCCCN[C@@H](CCCNC(=N)N)CCCn1ccc(NC(N)=O)nc1=O. The van der Waals surface area contributed by atoms with Crippen LogP contribution in [0.15, 0.2) is 17.1 Å². The number of carbonyl (C=O) groups excluding carboxylic acids is 1. The van der Waals surface area contributed by atoms with Gasteiger partial charge in [0.2, 0.25) is 0 Å². The van der Waals surface area contributed by atoms with E-state index < -0.39 is 11.7 Å². The maximum atomic E-state index is 12.1. The third-order valence-electron chi connectivity index (χ3n) is 4.47. The molecule has 0 unspecified atom stereocenters. The number of nitrogens with two attached hydrogens (primary N) is 3. The lowest BCUT2D eigenvalue weighted by molar-refractivity contribution is 0.259. The molecule has 0 aliphatic carbocycles. The van der Waals surface area contributed by atoms with E-state index in [1.54, 1.807) is 6.20 Å². The summed E-state index contributed by atoms with van der Waals surface area (Å²) in [6.45, 7) is 2.64. The van der Waals surface area contributed by atoms with Gasteiger partial charge < -0.3 is 33.2 Å². The number of unbranched alkanes of at least 4 members (excludes halogenated alkanes) is 1. The second kappa shape index (κ2) is 14.6. The van der Waals surface area contributed by atoms with E-state index in [-0.39, 0.29) is 23.8 Å². The number of primary amides is 1. The topological polar surface area (TPSA) is 226 Å². The Labute approximate surface area is 181 Å². The van der Waals surface area contributed by atoms with Crippen LogP contribution in [0.3, 0.4) is 0 Å². The molecule has 174 valence electrons. The number of nitrogens with one attached hydrogen (secondary N) is 6. The van der Waals surface area contributed by atoms with Crippen molar-refractivity contribution in [2.45, 2.75) is 51.1 Å². The van der Waals surface area contributed by atoms with Crippen molar-refractivity contribution >= 4 is 23.8 Å². The lowest BCUT2D eigenvalue weighted by Gasteiger charge is -2.19. The van der Waals surface area contributed by atoms with E-state index in [0.29, 0.717) is 19.6 Å². The lowest BCUT2D eigenvalue weighted by Crippen LogP contribution is -2.35. The summed E-state index contributed by atoms with van der Waals surface area (Å²) in [5.74, 6) is 0.0705. The molecule has 1 atom stereocenters. The number of amides is 2. The van der Waals surface area contributed by atoms with Gasteiger partial charge in [0.1, 0.15) is 5.82 Å². The first-order chi connectivity index (χ1) is 14.8. The van der Waals surface area contributed by atoms with Crippen LogP contribution in [-0.4, -0.2) is 53.2 Å². The molecule has 12 N–H and O–H groups in total. The van der Waals surface area contributed by atoms with Crippen molar-refractivity contribution in [1.29, 1.82) is 10.8 Å². The van der Waals surface area contributed by atoms with E-state index >= 15 is 0 Å². The first kappa shape index (κ1) is 25.7. The fourth-order valence-electron chi connectivity index (χ4n) is 3.00. The third kappa shape index (κ3) is 12.7. The quantitative estimate of drug-likeness (QED) is 0.0936. The van der Waals surface area contributed by atoms with Gasteiger partial charge in [0, 0.05) is 31.9 Å². The van der Waals surface area contributed by atoms with Crippen molar-refractivity contribution in [1.82, 2.24) is 25.5 Å². The summed E-state index contributed by atoms with van der Waals surface area (Å²) in [5.41, 5.74) is 15.2.